The van der Waals surface area contributed by atoms with Crippen molar-refractivity contribution in [2.45, 2.75) is 45.7 Å². The molecule has 2 rings (SSSR count). The minimum absolute atomic E-state index is 0.0298. The highest BCUT2D eigenvalue weighted by molar-refractivity contribution is 6.91. The molecule has 0 heterocycles. The summed E-state index contributed by atoms with van der Waals surface area (Å²) in [4.78, 5) is 23.6. The van der Waals surface area contributed by atoms with Crippen LogP contribution in [0, 0.1) is 5.82 Å². The van der Waals surface area contributed by atoms with Gasteiger partial charge in [0, 0.05) is 23.6 Å². The molecule has 0 radical (unpaired) electrons. The number of hydrogen-bond acceptors (Lipinski definition) is 2. The lowest BCUT2D eigenvalue weighted by molar-refractivity contribution is -0.131. The number of rotatable bonds is 7. The average molecular weight is 429 g/mol. The van der Waals surface area contributed by atoms with Gasteiger partial charge in [-0.1, -0.05) is 80.0 Å². The second-order valence-electron chi connectivity index (χ2n) is 9.43. The molecule has 0 bridgehead atoms. The topological polar surface area (TPSA) is 54.4 Å². The summed E-state index contributed by atoms with van der Waals surface area (Å²) in [5.74, 6) is -1.70. The predicted molar refractivity (Wildman–Crippen MR) is 124 cm³/mol. The third kappa shape index (κ3) is 6.34. The van der Waals surface area contributed by atoms with Crippen LogP contribution in [0.15, 0.2) is 42.5 Å². The summed E-state index contributed by atoms with van der Waals surface area (Å²) in [6, 6.07) is 10.8. The van der Waals surface area contributed by atoms with E-state index in [9.17, 15) is 14.0 Å². The third-order valence-electron chi connectivity index (χ3n) is 4.82. The number of aliphatic carboxylic acids is 1. The van der Waals surface area contributed by atoms with E-state index >= 15 is 0 Å². The van der Waals surface area contributed by atoms with E-state index in [4.69, 9.17) is 5.11 Å². The van der Waals surface area contributed by atoms with Crippen molar-refractivity contribution in [3.63, 3.8) is 0 Å². The Kier molecular flexibility index (Phi) is 6.80. The normalized spacial score (nSPS) is 12.4. The minimum atomic E-state index is -1.59. The lowest BCUT2D eigenvalue weighted by atomic mass is 10.0. The monoisotopic (exact) mass is 428 g/mol. The molecule has 0 unspecified atom stereocenters. The molecule has 0 amide bonds. The first-order valence-corrected chi connectivity index (χ1v) is 16.7. The molecule has 6 heteroatoms. The summed E-state index contributed by atoms with van der Waals surface area (Å²) in [7, 11) is -3.19. The Balaban J connectivity index is 2.35. The van der Waals surface area contributed by atoms with E-state index < -0.39 is 27.9 Å². The molecule has 0 atom stereocenters. The van der Waals surface area contributed by atoms with E-state index in [1.165, 1.54) is 28.6 Å². The number of Topliss-reactive ketones (excluding diaryl/α,β-unsaturated/α-hetero) is 1. The Hall–Kier alpha value is -2.32. The van der Waals surface area contributed by atoms with Gasteiger partial charge in [-0.2, -0.15) is 0 Å². The number of carboxylic acid groups (broad SMARTS) is 1. The molecule has 1 N–H and O–H groups in total. The fraction of sp³-hybridized carbons (Fsp3) is 0.304. The van der Waals surface area contributed by atoms with Gasteiger partial charge in [0.25, 0.3) is 0 Å². The van der Waals surface area contributed by atoms with E-state index in [2.05, 4.69) is 45.3 Å². The average Bonchev–Trinajstić information content (AvgIpc) is 2.59. The van der Waals surface area contributed by atoms with Crippen LogP contribution in [-0.2, 0) is 11.2 Å². The molecule has 0 saturated heterocycles. The summed E-state index contributed by atoms with van der Waals surface area (Å²) < 4.78 is 14.2. The number of carbonyl (C=O) groups excluding carboxylic acids is 1. The number of ketones is 1. The molecule has 0 saturated carbocycles. The first-order chi connectivity index (χ1) is 13.3. The van der Waals surface area contributed by atoms with Crippen LogP contribution >= 0.6 is 0 Å². The zero-order valence-corrected chi connectivity index (χ0v) is 20.0. The van der Waals surface area contributed by atoms with Gasteiger partial charge in [-0.15, -0.1) is 0 Å². The maximum Gasteiger partial charge on any atom is 0.328 e. The van der Waals surface area contributed by atoms with Crippen molar-refractivity contribution in [3.8, 4) is 0 Å². The maximum absolute atomic E-state index is 14.2. The van der Waals surface area contributed by atoms with Crippen LogP contribution in [0.4, 0.5) is 4.39 Å². The van der Waals surface area contributed by atoms with Gasteiger partial charge in [-0.3, -0.25) is 4.79 Å². The largest absolute Gasteiger partial charge is 0.478 e. The van der Waals surface area contributed by atoms with Crippen molar-refractivity contribution in [1.82, 2.24) is 0 Å². The molecule has 0 aliphatic heterocycles. The molecule has 0 fully saturated rings. The van der Waals surface area contributed by atoms with Gasteiger partial charge in [-0.25, -0.2) is 9.18 Å². The lowest BCUT2D eigenvalue weighted by Crippen LogP contribution is -2.45. The van der Waals surface area contributed by atoms with Gasteiger partial charge in [0.2, 0.25) is 0 Å². The number of hydrogen-bond donors (Lipinski definition) is 1. The Morgan fingerprint density at radius 2 is 1.48 bits per heavy atom. The standard InChI is InChI=1S/C23H29FO3Si2/c1-28(2,3)19-13-18(14-20(15-19)29(4,5)6)22(25)12-16-7-8-17(21(24)11-16)9-10-23(26)27/h7-11,13-15H,12H2,1-6H3,(H,26,27)/b10-9+. The molecular weight excluding hydrogens is 399 g/mol. The fourth-order valence-corrected chi connectivity index (χ4v) is 5.42. The van der Waals surface area contributed by atoms with E-state index in [1.807, 2.05) is 12.1 Å². The predicted octanol–water partition coefficient (Wildman–Crippen LogP) is 4.44. The van der Waals surface area contributed by atoms with Gasteiger partial charge < -0.3 is 5.11 Å². The fourth-order valence-electron chi connectivity index (χ4n) is 2.92. The van der Waals surface area contributed by atoms with Crippen molar-refractivity contribution >= 4 is 44.3 Å². The quantitative estimate of drug-likeness (QED) is 0.403. The summed E-state index contributed by atoms with van der Waals surface area (Å²) >= 11 is 0. The summed E-state index contributed by atoms with van der Waals surface area (Å²) in [6.45, 7) is 13.6. The van der Waals surface area contributed by atoms with Crippen molar-refractivity contribution in [1.29, 1.82) is 0 Å². The number of halogens is 1. The smallest absolute Gasteiger partial charge is 0.328 e. The van der Waals surface area contributed by atoms with E-state index in [0.717, 1.165) is 6.08 Å². The van der Waals surface area contributed by atoms with E-state index in [-0.39, 0.29) is 17.8 Å². The molecule has 0 spiro atoms. The summed E-state index contributed by atoms with van der Waals surface area (Å²) in [5.41, 5.74) is 1.45. The first-order valence-electron chi connectivity index (χ1n) is 9.66. The van der Waals surface area contributed by atoms with Crippen molar-refractivity contribution in [2.24, 2.45) is 0 Å². The molecule has 2 aromatic carbocycles. The highest BCUT2D eigenvalue weighted by Gasteiger charge is 2.24. The van der Waals surface area contributed by atoms with E-state index in [0.29, 0.717) is 11.1 Å². The Morgan fingerprint density at radius 1 is 0.931 bits per heavy atom. The Labute approximate surface area is 174 Å². The van der Waals surface area contributed by atoms with Gasteiger partial charge in [0.15, 0.2) is 5.78 Å². The second kappa shape index (κ2) is 8.59. The molecule has 0 aliphatic carbocycles. The van der Waals surface area contributed by atoms with Gasteiger partial charge in [0.1, 0.15) is 5.82 Å². The maximum atomic E-state index is 14.2. The van der Waals surface area contributed by atoms with Crippen LogP contribution in [0.3, 0.4) is 0 Å². The molecule has 29 heavy (non-hydrogen) atoms. The van der Waals surface area contributed by atoms with Crippen LogP contribution in [0.2, 0.25) is 39.3 Å². The number of carboxylic acids is 1. The van der Waals surface area contributed by atoms with Crippen molar-refractivity contribution in [2.75, 3.05) is 0 Å². The Morgan fingerprint density at radius 3 is 1.93 bits per heavy atom. The van der Waals surface area contributed by atoms with Crippen molar-refractivity contribution in [3.05, 3.63) is 65.0 Å². The highest BCUT2D eigenvalue weighted by atomic mass is 28.3. The van der Waals surface area contributed by atoms with Crippen LogP contribution in [0.5, 0.6) is 0 Å². The number of benzene rings is 2. The molecule has 0 aliphatic rings. The van der Waals surface area contributed by atoms with Crippen molar-refractivity contribution < 1.29 is 19.1 Å². The summed E-state index contributed by atoms with van der Waals surface area (Å²) in [5, 5.41) is 11.2. The van der Waals surface area contributed by atoms with Crippen LogP contribution in [0.1, 0.15) is 21.5 Å². The minimum Gasteiger partial charge on any atom is -0.478 e. The molecular formula is C23H29FO3Si2. The molecule has 3 nitrogen and oxygen atoms in total. The Bertz CT molecular complexity index is 935. The highest BCUT2D eigenvalue weighted by Crippen LogP contribution is 2.16. The van der Waals surface area contributed by atoms with Crippen LogP contribution < -0.4 is 10.4 Å². The summed E-state index contributed by atoms with van der Waals surface area (Å²) in [6.07, 6.45) is 2.21. The van der Waals surface area contributed by atoms with Gasteiger partial charge in [0.05, 0.1) is 16.1 Å². The SMILES string of the molecule is C[Si](C)(C)c1cc(C(=O)Cc2ccc(/C=C/C(=O)O)c(F)c2)cc([Si](C)(C)C)c1. The third-order valence-corrected chi connectivity index (χ3v) is 8.86. The first kappa shape index (κ1) is 23.0. The van der Waals surface area contributed by atoms with Crippen LogP contribution in [-0.4, -0.2) is 33.0 Å². The molecule has 0 aromatic heterocycles. The van der Waals surface area contributed by atoms with Gasteiger partial charge in [-0.05, 0) is 17.7 Å². The number of carbonyl (C=O) groups is 2. The zero-order chi connectivity index (χ0) is 22.0. The molecule has 2 aromatic rings. The molecule has 154 valence electrons. The van der Waals surface area contributed by atoms with Crippen LogP contribution in [0.25, 0.3) is 6.08 Å². The van der Waals surface area contributed by atoms with Gasteiger partial charge >= 0.3 is 5.97 Å². The van der Waals surface area contributed by atoms with E-state index in [1.54, 1.807) is 6.07 Å². The lowest BCUT2D eigenvalue weighted by Gasteiger charge is -2.24. The second-order valence-corrected chi connectivity index (χ2v) is 19.6. The zero-order valence-electron chi connectivity index (χ0n) is 18.0.